The van der Waals surface area contributed by atoms with E-state index in [1.807, 2.05) is 28.7 Å². The molecule has 0 saturated carbocycles. The maximum Gasteiger partial charge on any atom is 0.101 e. The molecule has 0 radical (unpaired) electrons. The van der Waals surface area contributed by atoms with Crippen molar-refractivity contribution in [2.75, 3.05) is 0 Å². The van der Waals surface area contributed by atoms with Crippen LogP contribution in [-0.4, -0.2) is 3.59 Å². The minimum atomic E-state index is 0.704. The minimum Gasteiger partial charge on any atom is -0.279 e. The van der Waals surface area contributed by atoms with Gasteiger partial charge in [0.05, 0.1) is 27.2 Å². The highest BCUT2D eigenvalue weighted by molar-refractivity contribution is 9.08. The van der Waals surface area contributed by atoms with Crippen molar-refractivity contribution in [3.8, 4) is 6.07 Å². The van der Waals surface area contributed by atoms with Gasteiger partial charge in [0, 0.05) is 11.1 Å². The third kappa shape index (κ3) is 1.08. The van der Waals surface area contributed by atoms with Crippen molar-refractivity contribution in [2.45, 2.75) is 13.8 Å². The molecular weight excluding hydrogens is 240 g/mol. The molecule has 70 valence electrons. The summed E-state index contributed by atoms with van der Waals surface area (Å²) in [7, 11) is 0. The molecule has 2 aromatic rings. The molecule has 0 atom stereocenters. The summed E-state index contributed by atoms with van der Waals surface area (Å²) in [5.41, 5.74) is 4.03. The fourth-order valence-electron chi connectivity index (χ4n) is 1.66. The van der Waals surface area contributed by atoms with E-state index in [0.717, 1.165) is 16.6 Å². The third-order valence-corrected chi connectivity index (χ3v) is 3.48. The first kappa shape index (κ1) is 9.29. The Morgan fingerprint density at radius 2 is 2.07 bits per heavy atom. The van der Waals surface area contributed by atoms with Crippen molar-refractivity contribution in [2.24, 2.45) is 0 Å². The molecule has 0 saturated heterocycles. The number of hydrogen-bond acceptors (Lipinski definition) is 1. The van der Waals surface area contributed by atoms with Crippen LogP contribution in [0.15, 0.2) is 18.2 Å². The van der Waals surface area contributed by atoms with Gasteiger partial charge in [-0.1, -0.05) is 12.1 Å². The lowest BCUT2D eigenvalue weighted by atomic mass is 10.1. The number of halogens is 1. The van der Waals surface area contributed by atoms with Crippen LogP contribution in [0.25, 0.3) is 10.9 Å². The zero-order chi connectivity index (χ0) is 10.3. The molecule has 3 heteroatoms. The van der Waals surface area contributed by atoms with Crippen LogP contribution in [0, 0.1) is 25.2 Å². The summed E-state index contributed by atoms with van der Waals surface area (Å²) in [5.74, 6) is 0. The second kappa shape index (κ2) is 3.14. The number of aromatic nitrogens is 1. The monoisotopic (exact) mass is 248 g/mol. The van der Waals surface area contributed by atoms with Crippen LogP contribution < -0.4 is 0 Å². The molecule has 1 aromatic carbocycles. The molecule has 1 aromatic heterocycles. The van der Waals surface area contributed by atoms with Crippen molar-refractivity contribution < 1.29 is 0 Å². The average Bonchev–Trinajstić information content (AvgIpc) is 2.44. The molecule has 0 bridgehead atoms. The third-order valence-electron chi connectivity index (χ3n) is 2.59. The van der Waals surface area contributed by atoms with Gasteiger partial charge in [-0.2, -0.15) is 5.26 Å². The van der Waals surface area contributed by atoms with E-state index in [0.29, 0.717) is 5.56 Å². The Labute approximate surface area is 91.1 Å². The Morgan fingerprint density at radius 3 is 2.71 bits per heavy atom. The van der Waals surface area contributed by atoms with Gasteiger partial charge in [-0.05, 0) is 25.5 Å². The first-order valence-corrected chi connectivity index (χ1v) is 5.04. The molecule has 2 rings (SSSR count). The molecule has 14 heavy (non-hydrogen) atoms. The largest absolute Gasteiger partial charge is 0.279 e. The summed E-state index contributed by atoms with van der Waals surface area (Å²) in [6, 6.07) is 7.99. The van der Waals surface area contributed by atoms with Gasteiger partial charge in [0.25, 0.3) is 0 Å². The lowest BCUT2D eigenvalue weighted by molar-refractivity contribution is 1.20. The summed E-state index contributed by atoms with van der Waals surface area (Å²) in [4.78, 5) is 0. The molecule has 0 amide bonds. The van der Waals surface area contributed by atoms with Crippen molar-refractivity contribution in [1.29, 1.82) is 5.26 Å². The van der Waals surface area contributed by atoms with E-state index in [1.54, 1.807) is 0 Å². The van der Waals surface area contributed by atoms with Gasteiger partial charge in [-0.15, -0.1) is 0 Å². The summed E-state index contributed by atoms with van der Waals surface area (Å²) in [6.45, 7) is 4.10. The molecular formula is C11H9BrN2. The molecule has 1 heterocycles. The highest BCUT2D eigenvalue weighted by atomic mass is 79.9. The quantitative estimate of drug-likeness (QED) is 0.704. The van der Waals surface area contributed by atoms with Crippen LogP contribution in [0.3, 0.4) is 0 Å². The van der Waals surface area contributed by atoms with Crippen LogP contribution in [0.2, 0.25) is 0 Å². The zero-order valence-electron chi connectivity index (χ0n) is 8.00. The van der Waals surface area contributed by atoms with E-state index in [4.69, 9.17) is 5.26 Å². The number of rotatable bonds is 0. The fraction of sp³-hybridized carbons (Fsp3) is 0.182. The van der Waals surface area contributed by atoms with E-state index < -0.39 is 0 Å². The average molecular weight is 249 g/mol. The van der Waals surface area contributed by atoms with Gasteiger partial charge < -0.3 is 0 Å². The molecule has 0 unspecified atom stereocenters. The van der Waals surface area contributed by atoms with Gasteiger partial charge in [-0.3, -0.25) is 3.59 Å². The lowest BCUT2D eigenvalue weighted by Gasteiger charge is -1.97. The van der Waals surface area contributed by atoms with Crippen LogP contribution in [0.1, 0.15) is 16.8 Å². The van der Waals surface area contributed by atoms with E-state index in [-0.39, 0.29) is 0 Å². The van der Waals surface area contributed by atoms with Gasteiger partial charge in [0.1, 0.15) is 6.07 Å². The van der Waals surface area contributed by atoms with Crippen LogP contribution in [0.5, 0.6) is 0 Å². The predicted octanol–water partition coefficient (Wildman–Crippen LogP) is 3.29. The molecule has 0 aliphatic carbocycles. The van der Waals surface area contributed by atoms with Gasteiger partial charge in [-0.25, -0.2) is 0 Å². The Kier molecular flexibility index (Phi) is 2.09. The summed E-state index contributed by atoms with van der Waals surface area (Å²) in [5, 5.41) is 10.1. The molecule has 0 fully saturated rings. The second-order valence-electron chi connectivity index (χ2n) is 3.30. The fourth-order valence-corrected chi connectivity index (χ4v) is 2.31. The van der Waals surface area contributed by atoms with Crippen molar-refractivity contribution in [3.63, 3.8) is 0 Å². The Hall–Kier alpha value is -1.27. The topological polar surface area (TPSA) is 28.7 Å². The van der Waals surface area contributed by atoms with E-state index in [1.165, 1.54) is 5.56 Å². The second-order valence-corrected chi connectivity index (χ2v) is 4.01. The number of para-hydroxylation sites is 1. The van der Waals surface area contributed by atoms with Gasteiger partial charge >= 0.3 is 0 Å². The van der Waals surface area contributed by atoms with E-state index in [9.17, 15) is 0 Å². The first-order valence-electron chi connectivity index (χ1n) is 4.33. The molecule has 0 N–H and O–H groups in total. The number of hydrogen-bond donors (Lipinski definition) is 0. The molecule has 0 aliphatic rings. The van der Waals surface area contributed by atoms with Crippen LogP contribution in [0.4, 0.5) is 0 Å². The van der Waals surface area contributed by atoms with Crippen molar-refractivity contribution in [3.05, 3.63) is 35.0 Å². The SMILES string of the molecule is Cc1c(C)n(Br)c2c(C#N)cccc12. The number of benzene rings is 1. The van der Waals surface area contributed by atoms with Crippen molar-refractivity contribution >= 4 is 27.1 Å². The summed E-state index contributed by atoms with van der Waals surface area (Å²) < 4.78 is 1.90. The van der Waals surface area contributed by atoms with Crippen LogP contribution in [-0.2, 0) is 0 Å². The first-order chi connectivity index (χ1) is 6.66. The Balaban J connectivity index is 3.04. The van der Waals surface area contributed by atoms with Crippen LogP contribution >= 0.6 is 16.1 Å². The number of aryl methyl sites for hydroxylation is 1. The maximum atomic E-state index is 8.98. The Morgan fingerprint density at radius 1 is 1.36 bits per heavy atom. The number of nitriles is 1. The van der Waals surface area contributed by atoms with E-state index >= 15 is 0 Å². The normalized spacial score (nSPS) is 10.4. The van der Waals surface area contributed by atoms with Crippen molar-refractivity contribution in [1.82, 2.24) is 3.59 Å². The Bertz CT molecular complexity index is 546. The highest BCUT2D eigenvalue weighted by Gasteiger charge is 2.11. The number of nitrogens with zero attached hydrogens (tertiary/aromatic N) is 2. The highest BCUT2D eigenvalue weighted by Crippen LogP contribution is 2.28. The van der Waals surface area contributed by atoms with Gasteiger partial charge in [0.2, 0.25) is 0 Å². The standard InChI is InChI=1S/C11H9BrN2/c1-7-8(2)14(12)11-9(6-13)4-3-5-10(7)11/h3-5H,1-2H3. The zero-order valence-corrected chi connectivity index (χ0v) is 9.59. The molecule has 0 aliphatic heterocycles. The summed E-state index contributed by atoms with van der Waals surface area (Å²) in [6.07, 6.45) is 0. The smallest absolute Gasteiger partial charge is 0.101 e. The minimum absolute atomic E-state index is 0.704. The van der Waals surface area contributed by atoms with Gasteiger partial charge in [0.15, 0.2) is 0 Å². The van der Waals surface area contributed by atoms with E-state index in [2.05, 4.69) is 29.1 Å². The molecule has 2 nitrogen and oxygen atoms in total. The predicted molar refractivity (Wildman–Crippen MR) is 60.5 cm³/mol. The molecule has 0 spiro atoms. The number of fused-ring (bicyclic) bond motifs is 1. The summed E-state index contributed by atoms with van der Waals surface area (Å²) >= 11 is 3.46. The maximum absolute atomic E-state index is 8.98. The lowest BCUT2D eigenvalue weighted by Crippen LogP contribution is -1.85.